The van der Waals surface area contributed by atoms with E-state index in [4.69, 9.17) is 0 Å². The molecule has 2 nitrogen and oxygen atoms in total. The summed E-state index contributed by atoms with van der Waals surface area (Å²) in [5.41, 5.74) is 5.32. The lowest BCUT2D eigenvalue weighted by Crippen LogP contribution is -2.20. The van der Waals surface area contributed by atoms with Gasteiger partial charge < -0.3 is 10.2 Å². The van der Waals surface area contributed by atoms with E-state index in [-0.39, 0.29) is 27.6 Å². The van der Waals surface area contributed by atoms with Gasteiger partial charge in [-0.1, -0.05) is 113 Å². The molecule has 0 radical (unpaired) electrons. The fourth-order valence-corrected chi connectivity index (χ4v) is 5.55. The third kappa shape index (κ3) is 5.67. The Kier molecular flexibility index (Phi) is 7.27. The molecule has 2 N–H and O–H groups in total. The number of hydrogen-bond donors (Lipinski definition) is 2. The zero-order valence-electron chi connectivity index (χ0n) is 24.4. The molecular weight excluding hydrogens is 460 g/mol. The summed E-state index contributed by atoms with van der Waals surface area (Å²) in [6, 6.07) is 12.8. The van der Waals surface area contributed by atoms with Gasteiger partial charge in [0, 0.05) is 16.0 Å². The van der Waals surface area contributed by atoms with Crippen LogP contribution in [0.25, 0.3) is 0 Å². The monoisotopic (exact) mass is 506 g/mol. The van der Waals surface area contributed by atoms with Crippen LogP contribution in [0.3, 0.4) is 0 Å². The Hall–Kier alpha value is -2.26. The molecule has 196 valence electrons. The average Bonchev–Trinajstić information content (AvgIpc) is 3.21. The van der Waals surface area contributed by atoms with Crippen molar-refractivity contribution in [3.63, 3.8) is 0 Å². The molecule has 0 aliphatic rings. The predicted octanol–water partition coefficient (Wildman–Crippen LogP) is 9.53. The first-order valence-corrected chi connectivity index (χ1v) is 13.9. The fourth-order valence-electron chi connectivity index (χ4n) is 4.69. The summed E-state index contributed by atoms with van der Waals surface area (Å²) >= 11 is 1.67. The van der Waals surface area contributed by atoms with E-state index in [0.717, 1.165) is 27.1 Å². The van der Waals surface area contributed by atoms with Crippen molar-refractivity contribution in [2.24, 2.45) is 0 Å². The van der Waals surface area contributed by atoms with Crippen molar-refractivity contribution in [1.82, 2.24) is 0 Å². The first-order valence-electron chi connectivity index (χ1n) is 13.0. The second kappa shape index (κ2) is 9.24. The molecule has 3 heteroatoms. The molecule has 0 amide bonds. The summed E-state index contributed by atoms with van der Waals surface area (Å²) in [7, 11) is 0. The van der Waals surface area contributed by atoms with E-state index in [0.29, 0.717) is 11.5 Å². The number of benzene rings is 2. The van der Waals surface area contributed by atoms with Crippen LogP contribution < -0.4 is 0 Å². The summed E-state index contributed by atoms with van der Waals surface area (Å²) in [5.74, 6) is 0.371. The van der Waals surface area contributed by atoms with Crippen molar-refractivity contribution in [2.75, 3.05) is 0 Å². The Morgan fingerprint density at radius 2 is 0.972 bits per heavy atom. The van der Waals surface area contributed by atoms with Gasteiger partial charge in [-0.05, 0) is 55.4 Å². The van der Waals surface area contributed by atoms with Gasteiger partial charge in [0.05, 0.1) is 5.92 Å². The minimum absolute atomic E-state index is 0.0890. The molecule has 1 heterocycles. The molecule has 0 atom stereocenters. The summed E-state index contributed by atoms with van der Waals surface area (Å²) in [6.07, 6.45) is 0. The van der Waals surface area contributed by atoms with Crippen molar-refractivity contribution < 1.29 is 10.2 Å². The number of aromatic hydroxyl groups is 2. The number of thiophene rings is 1. The molecule has 1 aromatic heterocycles. The summed E-state index contributed by atoms with van der Waals surface area (Å²) < 4.78 is 0. The molecule has 0 unspecified atom stereocenters. The van der Waals surface area contributed by atoms with E-state index >= 15 is 0 Å². The summed E-state index contributed by atoms with van der Waals surface area (Å²) in [4.78, 5) is 1.11. The molecule has 0 aliphatic carbocycles. The zero-order chi connectivity index (χ0) is 27.4. The van der Waals surface area contributed by atoms with E-state index in [1.54, 1.807) is 11.3 Å². The van der Waals surface area contributed by atoms with Gasteiger partial charge in [0.2, 0.25) is 0 Å². The van der Waals surface area contributed by atoms with Crippen molar-refractivity contribution in [2.45, 2.75) is 111 Å². The van der Waals surface area contributed by atoms with Gasteiger partial charge in [0.25, 0.3) is 0 Å². The van der Waals surface area contributed by atoms with Crippen molar-refractivity contribution in [3.8, 4) is 11.5 Å². The highest BCUT2D eigenvalue weighted by molar-refractivity contribution is 7.10. The van der Waals surface area contributed by atoms with Gasteiger partial charge in [0.1, 0.15) is 11.5 Å². The largest absolute Gasteiger partial charge is 0.507 e. The number of phenols is 2. The standard InChI is InChI=1S/C33H46O2S/c1-30(2,3)20-16-22(28(34)24(18-20)32(7,8)9)27(26-14-13-15-36-26)23-17-21(31(4,5)6)19-25(29(23)35)33(10,11)12/h13-19,27,34-35H,1-12H3. The predicted molar refractivity (Wildman–Crippen MR) is 156 cm³/mol. The lowest BCUT2D eigenvalue weighted by atomic mass is 9.73. The van der Waals surface area contributed by atoms with Crippen LogP contribution in [0.4, 0.5) is 0 Å². The van der Waals surface area contributed by atoms with Gasteiger partial charge in [-0.25, -0.2) is 0 Å². The minimum atomic E-state index is -0.281. The van der Waals surface area contributed by atoms with Crippen LogP contribution in [0, 0.1) is 0 Å². The molecule has 36 heavy (non-hydrogen) atoms. The van der Waals surface area contributed by atoms with Crippen molar-refractivity contribution >= 4 is 11.3 Å². The molecular formula is C33H46O2S. The second-order valence-corrected chi connectivity index (χ2v) is 15.4. The Morgan fingerprint density at radius 3 is 1.25 bits per heavy atom. The quantitative estimate of drug-likeness (QED) is 0.371. The highest BCUT2D eigenvalue weighted by Gasteiger charge is 2.33. The van der Waals surface area contributed by atoms with Gasteiger partial charge in [-0.2, -0.15) is 0 Å². The van der Waals surface area contributed by atoms with E-state index in [2.05, 4.69) is 125 Å². The third-order valence-corrected chi connectivity index (χ3v) is 8.01. The maximum atomic E-state index is 11.8. The fraction of sp³-hybridized carbons (Fsp3) is 0.515. The maximum Gasteiger partial charge on any atom is 0.123 e. The Labute approximate surface area is 223 Å². The maximum absolute atomic E-state index is 11.8. The van der Waals surface area contributed by atoms with Crippen LogP contribution in [-0.2, 0) is 21.7 Å². The summed E-state index contributed by atoms with van der Waals surface area (Å²) in [6.45, 7) is 26.2. The summed E-state index contributed by atoms with van der Waals surface area (Å²) in [5, 5.41) is 25.7. The Balaban J connectivity index is 2.50. The number of hydrogen-bond acceptors (Lipinski definition) is 3. The van der Waals surface area contributed by atoms with Gasteiger partial charge in [-0.3, -0.25) is 0 Å². The highest BCUT2D eigenvalue weighted by Crippen LogP contribution is 2.49. The van der Waals surface area contributed by atoms with Crippen LogP contribution in [0.2, 0.25) is 0 Å². The van der Waals surface area contributed by atoms with Crippen LogP contribution in [-0.4, -0.2) is 10.2 Å². The second-order valence-electron chi connectivity index (χ2n) is 14.4. The SMILES string of the molecule is CC(C)(C)c1cc(C(c2cccs2)c2cc(C(C)(C)C)cc(C(C)(C)C)c2O)c(O)c(C(C)(C)C)c1. The normalized spacial score (nSPS) is 13.5. The Morgan fingerprint density at radius 1 is 0.583 bits per heavy atom. The molecule has 2 aromatic carbocycles. The number of rotatable bonds is 3. The molecule has 0 saturated carbocycles. The lowest BCUT2D eigenvalue weighted by Gasteiger charge is -2.32. The average molecular weight is 507 g/mol. The van der Waals surface area contributed by atoms with Crippen LogP contribution in [0.15, 0.2) is 41.8 Å². The number of phenolic OH excluding ortho intramolecular Hbond substituents is 2. The van der Waals surface area contributed by atoms with E-state index in [9.17, 15) is 10.2 Å². The van der Waals surface area contributed by atoms with E-state index in [1.807, 2.05) is 0 Å². The lowest BCUT2D eigenvalue weighted by molar-refractivity contribution is 0.429. The zero-order valence-corrected chi connectivity index (χ0v) is 25.2. The van der Waals surface area contributed by atoms with Gasteiger partial charge in [0.15, 0.2) is 0 Å². The van der Waals surface area contributed by atoms with Crippen LogP contribution in [0.5, 0.6) is 11.5 Å². The highest BCUT2D eigenvalue weighted by atomic mass is 32.1. The van der Waals surface area contributed by atoms with Crippen molar-refractivity contribution in [3.05, 3.63) is 80.0 Å². The van der Waals surface area contributed by atoms with E-state index < -0.39 is 0 Å². The first kappa shape index (κ1) is 28.3. The molecule has 3 rings (SSSR count). The Bertz CT molecular complexity index is 1140. The topological polar surface area (TPSA) is 40.5 Å². The smallest absolute Gasteiger partial charge is 0.123 e. The van der Waals surface area contributed by atoms with Crippen molar-refractivity contribution in [1.29, 1.82) is 0 Å². The van der Waals surface area contributed by atoms with Crippen LogP contribution in [0.1, 0.15) is 127 Å². The molecule has 0 fully saturated rings. The molecule has 3 aromatic rings. The van der Waals surface area contributed by atoms with E-state index in [1.165, 1.54) is 11.1 Å². The van der Waals surface area contributed by atoms with Gasteiger partial charge in [-0.15, -0.1) is 11.3 Å². The first-order chi connectivity index (χ1) is 16.2. The molecule has 0 spiro atoms. The van der Waals surface area contributed by atoms with Crippen LogP contribution >= 0.6 is 11.3 Å². The third-order valence-electron chi connectivity index (χ3n) is 7.08. The molecule has 0 bridgehead atoms. The molecule has 0 aliphatic heterocycles. The van der Waals surface area contributed by atoms with Gasteiger partial charge >= 0.3 is 0 Å². The molecule has 0 saturated heterocycles. The minimum Gasteiger partial charge on any atom is -0.507 e.